The molecule has 1 aliphatic heterocycles. The average molecular weight is 482 g/mol. The Morgan fingerprint density at radius 3 is 2.47 bits per heavy atom. The van der Waals surface area contributed by atoms with Crippen LogP contribution in [0.3, 0.4) is 0 Å². The molecule has 1 saturated heterocycles. The van der Waals surface area contributed by atoms with Crippen molar-refractivity contribution in [2.45, 2.75) is 57.9 Å². The number of anilines is 1. The fraction of sp³-hybridized carbons (Fsp3) is 0.571. The molecule has 3 fully saturated rings. The molecule has 2 atom stereocenters. The molecule has 2 saturated carbocycles. The summed E-state index contributed by atoms with van der Waals surface area (Å²) >= 11 is 6.84. The van der Waals surface area contributed by atoms with Crippen LogP contribution in [0, 0.1) is 17.8 Å². The minimum absolute atomic E-state index is 0.242. The molecule has 2 aromatic rings. The van der Waals surface area contributed by atoms with Crippen molar-refractivity contribution in [2.24, 2.45) is 17.8 Å². The first-order valence-electron chi connectivity index (χ1n) is 12.8. The summed E-state index contributed by atoms with van der Waals surface area (Å²) < 4.78 is 0. The van der Waals surface area contributed by atoms with E-state index in [1.54, 1.807) is 18.3 Å². The lowest BCUT2D eigenvalue weighted by Crippen LogP contribution is -2.46. The van der Waals surface area contributed by atoms with Gasteiger partial charge >= 0.3 is 5.97 Å². The van der Waals surface area contributed by atoms with Gasteiger partial charge in [0.1, 0.15) is 11.4 Å². The molecule has 3 aliphatic rings. The maximum Gasteiger partial charge on any atom is 0.339 e. The van der Waals surface area contributed by atoms with Gasteiger partial charge in [0, 0.05) is 43.9 Å². The molecule has 34 heavy (non-hydrogen) atoms. The normalized spacial score (nSPS) is 29.7. The Hall–Kier alpha value is -2.11. The van der Waals surface area contributed by atoms with Crippen LogP contribution >= 0.6 is 11.6 Å². The number of halogens is 1. The summed E-state index contributed by atoms with van der Waals surface area (Å²) in [6, 6.07) is 10.1. The second-order valence-corrected chi connectivity index (χ2v) is 11.7. The Bertz CT molecular complexity index is 1030. The number of aromatic carboxylic acids is 1. The predicted octanol–water partition coefficient (Wildman–Crippen LogP) is 5.86. The number of rotatable bonds is 5. The lowest BCUT2D eigenvalue weighted by molar-refractivity contribution is 0.0697. The Morgan fingerprint density at radius 1 is 1.12 bits per heavy atom. The van der Waals surface area contributed by atoms with Crippen LogP contribution in [0.5, 0.6) is 0 Å². The van der Waals surface area contributed by atoms with Gasteiger partial charge in [0.15, 0.2) is 0 Å². The minimum Gasteiger partial charge on any atom is -0.478 e. The number of hydrogen-bond donors (Lipinski definition) is 1. The quantitative estimate of drug-likeness (QED) is 0.579. The standard InChI is InChI=1S/C28H36ClN3O2/c1-19-12-20-14-21(13-19)17-28(2,16-20)23-6-5-22(25(29)15-23)18-31-8-10-32(11-9-31)26-24(27(33)34)4-3-7-30-26/h3-7,15,19-21H,8-14,16-18H2,1-2H3,(H,33,34). The Labute approximate surface area is 208 Å². The number of fused-ring (bicyclic) bond motifs is 2. The zero-order chi connectivity index (χ0) is 23.9. The molecule has 2 heterocycles. The zero-order valence-corrected chi connectivity index (χ0v) is 21.1. The van der Waals surface area contributed by atoms with Crippen molar-refractivity contribution in [1.82, 2.24) is 9.88 Å². The molecular formula is C28H36ClN3O2. The fourth-order valence-corrected chi connectivity index (χ4v) is 7.29. The van der Waals surface area contributed by atoms with Gasteiger partial charge in [-0.1, -0.05) is 37.6 Å². The topological polar surface area (TPSA) is 56.7 Å². The highest BCUT2D eigenvalue weighted by atomic mass is 35.5. The number of piperazine rings is 1. The SMILES string of the molecule is CC1CC2CC(C1)CC(C)(c1ccc(CN3CCN(c4ncccc4C(=O)O)CC3)c(Cl)c1)C2. The monoisotopic (exact) mass is 481 g/mol. The van der Waals surface area contributed by atoms with Gasteiger partial charge in [-0.25, -0.2) is 9.78 Å². The lowest BCUT2D eigenvalue weighted by atomic mass is 9.57. The van der Waals surface area contributed by atoms with Gasteiger partial charge < -0.3 is 10.0 Å². The Kier molecular flexibility index (Phi) is 6.60. The van der Waals surface area contributed by atoms with Crippen LogP contribution in [0.1, 0.15) is 67.4 Å². The molecule has 6 heteroatoms. The van der Waals surface area contributed by atoms with Gasteiger partial charge in [-0.15, -0.1) is 0 Å². The number of nitrogens with zero attached hydrogens (tertiary/aromatic N) is 3. The molecule has 5 nitrogen and oxygen atoms in total. The van der Waals surface area contributed by atoms with E-state index in [0.29, 0.717) is 5.82 Å². The largest absolute Gasteiger partial charge is 0.478 e. The summed E-state index contributed by atoms with van der Waals surface area (Å²) in [6.45, 7) is 8.92. The van der Waals surface area contributed by atoms with Crippen molar-refractivity contribution in [3.05, 3.63) is 58.2 Å². The van der Waals surface area contributed by atoms with E-state index in [1.807, 2.05) is 0 Å². The Morgan fingerprint density at radius 2 is 1.82 bits per heavy atom. The molecule has 5 rings (SSSR count). The molecule has 2 aliphatic carbocycles. The van der Waals surface area contributed by atoms with E-state index in [1.165, 1.54) is 43.2 Å². The second kappa shape index (κ2) is 9.50. The smallest absolute Gasteiger partial charge is 0.339 e. The van der Waals surface area contributed by atoms with Crippen LogP contribution in [-0.2, 0) is 12.0 Å². The molecule has 0 amide bonds. The van der Waals surface area contributed by atoms with Crippen LogP contribution in [0.4, 0.5) is 5.82 Å². The van der Waals surface area contributed by atoms with Gasteiger partial charge in [0.25, 0.3) is 0 Å². The summed E-state index contributed by atoms with van der Waals surface area (Å²) in [5, 5.41) is 10.4. The third-order valence-electron chi connectivity index (χ3n) is 8.45. The van der Waals surface area contributed by atoms with Gasteiger partial charge in [-0.05, 0) is 84.6 Å². The number of carbonyl (C=O) groups is 1. The first kappa shape index (κ1) is 23.6. The van der Waals surface area contributed by atoms with E-state index >= 15 is 0 Å². The molecule has 182 valence electrons. The fourth-order valence-electron chi connectivity index (χ4n) is 7.05. The predicted molar refractivity (Wildman–Crippen MR) is 137 cm³/mol. The average Bonchev–Trinajstić information content (AvgIpc) is 2.80. The third kappa shape index (κ3) is 4.83. The second-order valence-electron chi connectivity index (χ2n) is 11.3. The highest BCUT2D eigenvalue weighted by Gasteiger charge is 2.42. The number of pyridine rings is 1. The maximum atomic E-state index is 11.6. The first-order valence-corrected chi connectivity index (χ1v) is 13.1. The van der Waals surface area contributed by atoms with Gasteiger partial charge in [-0.3, -0.25) is 4.90 Å². The summed E-state index contributed by atoms with van der Waals surface area (Å²) in [6.07, 6.45) is 8.43. The highest BCUT2D eigenvalue weighted by molar-refractivity contribution is 6.31. The minimum atomic E-state index is -0.929. The highest BCUT2D eigenvalue weighted by Crippen LogP contribution is 2.51. The molecule has 1 aromatic carbocycles. The lowest BCUT2D eigenvalue weighted by Gasteiger charge is -2.47. The summed E-state index contributed by atoms with van der Waals surface area (Å²) in [7, 11) is 0. The number of benzene rings is 1. The van der Waals surface area contributed by atoms with E-state index in [2.05, 4.69) is 46.8 Å². The van der Waals surface area contributed by atoms with E-state index in [9.17, 15) is 9.90 Å². The van der Waals surface area contributed by atoms with Crippen molar-refractivity contribution in [1.29, 1.82) is 0 Å². The van der Waals surface area contributed by atoms with Crippen molar-refractivity contribution < 1.29 is 9.90 Å². The van der Waals surface area contributed by atoms with Gasteiger partial charge in [-0.2, -0.15) is 0 Å². The molecule has 0 radical (unpaired) electrons. The van der Waals surface area contributed by atoms with Crippen molar-refractivity contribution in [2.75, 3.05) is 31.1 Å². The first-order chi connectivity index (χ1) is 16.3. The molecule has 1 N–H and O–H groups in total. The van der Waals surface area contributed by atoms with Crippen molar-refractivity contribution >= 4 is 23.4 Å². The van der Waals surface area contributed by atoms with Crippen LogP contribution in [-0.4, -0.2) is 47.1 Å². The number of hydrogen-bond acceptors (Lipinski definition) is 4. The van der Waals surface area contributed by atoms with Crippen LogP contribution in [0.25, 0.3) is 0 Å². The van der Waals surface area contributed by atoms with E-state index < -0.39 is 5.97 Å². The Balaban J connectivity index is 1.22. The van der Waals surface area contributed by atoms with Crippen molar-refractivity contribution in [3.63, 3.8) is 0 Å². The zero-order valence-electron chi connectivity index (χ0n) is 20.3. The third-order valence-corrected chi connectivity index (χ3v) is 8.80. The molecular weight excluding hydrogens is 446 g/mol. The molecule has 2 bridgehead atoms. The van der Waals surface area contributed by atoms with Crippen molar-refractivity contribution in [3.8, 4) is 0 Å². The van der Waals surface area contributed by atoms with Gasteiger partial charge in [0.05, 0.1) is 0 Å². The molecule has 1 aromatic heterocycles. The summed E-state index contributed by atoms with van der Waals surface area (Å²) in [5.41, 5.74) is 3.10. The van der Waals surface area contributed by atoms with E-state index in [4.69, 9.17) is 11.6 Å². The van der Waals surface area contributed by atoms with E-state index in [-0.39, 0.29) is 11.0 Å². The van der Waals surface area contributed by atoms with Gasteiger partial charge in [0.2, 0.25) is 0 Å². The molecule has 2 unspecified atom stereocenters. The molecule has 0 spiro atoms. The van der Waals surface area contributed by atoms with Crippen LogP contribution in [0.15, 0.2) is 36.5 Å². The number of carboxylic acid groups (broad SMARTS) is 1. The number of carboxylic acids is 1. The summed E-state index contributed by atoms with van der Waals surface area (Å²) in [5.74, 6) is 2.25. The van der Waals surface area contributed by atoms with Crippen LogP contribution in [0.2, 0.25) is 5.02 Å². The van der Waals surface area contributed by atoms with E-state index in [0.717, 1.165) is 55.5 Å². The van der Waals surface area contributed by atoms with Crippen LogP contribution < -0.4 is 4.90 Å². The maximum absolute atomic E-state index is 11.6. The summed E-state index contributed by atoms with van der Waals surface area (Å²) in [4.78, 5) is 20.4. The number of aromatic nitrogens is 1.